The molecule has 3 aromatic heterocycles. The van der Waals surface area contributed by atoms with E-state index in [-0.39, 0.29) is 10.8 Å². The van der Waals surface area contributed by atoms with Crippen LogP contribution < -0.4 is 16.0 Å². The maximum Gasteiger partial charge on any atom is 0.245 e. The number of aromatic amines is 1. The molecular formula is C61H53BN2O2. The predicted molar refractivity (Wildman–Crippen MR) is 281 cm³/mol. The lowest BCUT2D eigenvalue weighted by atomic mass is 9.60. The Kier molecular flexibility index (Phi) is 8.51. The molecule has 322 valence electrons. The second-order valence-corrected chi connectivity index (χ2v) is 20.7. The summed E-state index contributed by atoms with van der Waals surface area (Å²) in [5.41, 5.74) is 19.5. The summed E-state index contributed by atoms with van der Waals surface area (Å²) in [6.45, 7) is 14.3. The zero-order valence-corrected chi connectivity index (χ0v) is 38.7. The molecule has 11 aromatic rings. The summed E-state index contributed by atoms with van der Waals surface area (Å²) >= 11 is 0. The third-order valence-corrected chi connectivity index (χ3v) is 15.7. The van der Waals surface area contributed by atoms with Crippen LogP contribution in [0.25, 0.3) is 87.7 Å². The number of H-pyrrole nitrogens is 1. The average Bonchev–Trinajstić information content (AvgIpc) is 4.02. The third-order valence-electron chi connectivity index (χ3n) is 15.7. The number of furan rings is 2. The standard InChI is InChI=1S/C61H53BN2O2/c1-7-16-35(2)37-25-26-51(43(29-37)36-17-9-8-10-18-36)64-56-47-33-48-49(61(5,6)28-27-60(48,3)4)34-53(47)66-59(56)62-54-45(32-46-40-21-13-14-24-52(40)65-58(46)57(54)64)42-23-15-22-41-44-30-38-19-11-12-20-39(38)31-50(44)63-55(41)42/h8-15,17-26,29-35,62-63H,7,16,27-28H2,1-6H3/t35-/m0/s1. The van der Waals surface area contributed by atoms with Gasteiger partial charge in [0, 0.05) is 43.6 Å². The minimum absolute atomic E-state index is 0.0240. The molecule has 0 bridgehead atoms. The molecule has 5 heteroatoms. The molecule has 0 amide bonds. The zero-order valence-electron chi connectivity index (χ0n) is 38.7. The summed E-state index contributed by atoms with van der Waals surface area (Å²) in [6, 6.07) is 54.2. The first-order valence-electron chi connectivity index (χ1n) is 24.1. The van der Waals surface area contributed by atoms with Gasteiger partial charge in [0.05, 0.1) is 28.2 Å². The van der Waals surface area contributed by atoms with Gasteiger partial charge in [-0.25, -0.2) is 0 Å². The Hall–Kier alpha value is -6.98. The van der Waals surface area contributed by atoms with Crippen LogP contribution in [0.2, 0.25) is 0 Å². The maximum atomic E-state index is 7.33. The van der Waals surface area contributed by atoms with Crippen LogP contribution >= 0.6 is 0 Å². The molecule has 13 rings (SSSR count). The van der Waals surface area contributed by atoms with Crippen LogP contribution in [0.5, 0.6) is 0 Å². The number of benzene rings is 8. The van der Waals surface area contributed by atoms with Gasteiger partial charge in [0.25, 0.3) is 0 Å². The monoisotopic (exact) mass is 856 g/mol. The molecule has 2 aliphatic rings. The fraction of sp³-hybridized carbons (Fsp3) is 0.213. The Morgan fingerprint density at radius 1 is 0.606 bits per heavy atom. The molecule has 0 unspecified atom stereocenters. The van der Waals surface area contributed by atoms with Crippen molar-refractivity contribution in [2.75, 3.05) is 4.90 Å². The molecule has 1 atom stereocenters. The number of nitrogens with zero attached hydrogens (tertiary/aromatic N) is 1. The Bertz CT molecular complexity index is 3790. The van der Waals surface area contributed by atoms with Crippen molar-refractivity contribution >= 4 is 101 Å². The van der Waals surface area contributed by atoms with Crippen LogP contribution in [-0.2, 0) is 10.8 Å². The summed E-state index contributed by atoms with van der Waals surface area (Å²) in [5, 5.41) is 8.29. The Balaban J connectivity index is 1.17. The van der Waals surface area contributed by atoms with E-state index in [4.69, 9.17) is 8.83 Å². The van der Waals surface area contributed by atoms with Crippen molar-refractivity contribution in [3.05, 3.63) is 162 Å². The van der Waals surface area contributed by atoms with Gasteiger partial charge in [-0.3, -0.25) is 0 Å². The van der Waals surface area contributed by atoms with Gasteiger partial charge in [0.15, 0.2) is 5.58 Å². The number of para-hydroxylation sites is 2. The first kappa shape index (κ1) is 39.4. The minimum Gasteiger partial charge on any atom is -0.469 e. The molecule has 0 radical (unpaired) electrons. The van der Waals surface area contributed by atoms with E-state index in [1.807, 2.05) is 0 Å². The Morgan fingerprint density at radius 3 is 2.14 bits per heavy atom. The number of rotatable bonds is 6. The number of fused-ring (bicyclic) bond motifs is 13. The van der Waals surface area contributed by atoms with Crippen LogP contribution in [0.15, 0.2) is 154 Å². The third kappa shape index (κ3) is 5.78. The van der Waals surface area contributed by atoms with Gasteiger partial charge in [-0.15, -0.1) is 0 Å². The Morgan fingerprint density at radius 2 is 1.33 bits per heavy atom. The second-order valence-electron chi connectivity index (χ2n) is 20.7. The molecule has 1 aliphatic carbocycles. The van der Waals surface area contributed by atoms with Crippen LogP contribution in [-0.4, -0.2) is 12.3 Å². The van der Waals surface area contributed by atoms with Crippen LogP contribution in [0.1, 0.15) is 89.8 Å². The molecule has 66 heavy (non-hydrogen) atoms. The average molecular weight is 857 g/mol. The smallest absolute Gasteiger partial charge is 0.245 e. The van der Waals surface area contributed by atoms with Gasteiger partial charge in [-0.05, 0) is 129 Å². The normalized spacial score (nSPS) is 15.7. The van der Waals surface area contributed by atoms with Crippen molar-refractivity contribution in [2.45, 2.75) is 84.0 Å². The van der Waals surface area contributed by atoms with E-state index in [1.165, 1.54) is 66.0 Å². The van der Waals surface area contributed by atoms with Gasteiger partial charge in [0.1, 0.15) is 11.2 Å². The van der Waals surface area contributed by atoms with E-state index in [1.54, 1.807) is 0 Å². The second kappa shape index (κ2) is 14.3. The van der Waals surface area contributed by atoms with Gasteiger partial charge in [-0.1, -0.05) is 145 Å². The van der Waals surface area contributed by atoms with Crippen LogP contribution in [0.4, 0.5) is 17.1 Å². The molecule has 4 nitrogen and oxygen atoms in total. The highest BCUT2D eigenvalue weighted by atomic mass is 16.3. The minimum atomic E-state index is 0.0240. The quantitative estimate of drug-likeness (QED) is 0.169. The SMILES string of the molecule is CCC[C@H](C)c1ccc(N2c3c(oc4cc5c(cc34)C(C)(C)CCC5(C)C)Bc3c(-c4cccc5c4[nH]c4cc6ccccc6cc45)cc4c(oc5ccccc54)c32)c(-c2ccccc2)c1. The molecule has 0 spiro atoms. The number of aromatic nitrogens is 1. The number of hydrogen-bond acceptors (Lipinski definition) is 3. The van der Waals surface area contributed by atoms with Crippen molar-refractivity contribution in [3.63, 3.8) is 0 Å². The maximum absolute atomic E-state index is 7.33. The summed E-state index contributed by atoms with van der Waals surface area (Å²) in [6.07, 6.45) is 4.55. The molecule has 8 aromatic carbocycles. The molecule has 0 fully saturated rings. The highest BCUT2D eigenvalue weighted by molar-refractivity contribution is 6.73. The summed E-state index contributed by atoms with van der Waals surface area (Å²) < 4.78 is 14.5. The lowest BCUT2D eigenvalue weighted by Gasteiger charge is -2.41. The van der Waals surface area contributed by atoms with E-state index < -0.39 is 0 Å². The lowest BCUT2D eigenvalue weighted by molar-refractivity contribution is 0.332. The van der Waals surface area contributed by atoms with E-state index in [2.05, 4.69) is 197 Å². The fourth-order valence-electron chi connectivity index (χ4n) is 12.0. The van der Waals surface area contributed by atoms with Crippen molar-refractivity contribution in [3.8, 4) is 22.3 Å². The van der Waals surface area contributed by atoms with E-state index in [9.17, 15) is 0 Å². The van der Waals surface area contributed by atoms with Crippen LogP contribution in [0.3, 0.4) is 0 Å². The van der Waals surface area contributed by atoms with Gasteiger partial charge in [0.2, 0.25) is 7.28 Å². The zero-order chi connectivity index (χ0) is 44.6. The molecule has 4 heterocycles. The van der Waals surface area contributed by atoms with Gasteiger partial charge < -0.3 is 18.7 Å². The highest BCUT2D eigenvalue weighted by Gasteiger charge is 2.41. The van der Waals surface area contributed by atoms with Crippen molar-refractivity contribution < 1.29 is 8.83 Å². The van der Waals surface area contributed by atoms with Crippen LogP contribution in [0, 0.1) is 0 Å². The van der Waals surface area contributed by atoms with Crippen molar-refractivity contribution in [1.29, 1.82) is 0 Å². The predicted octanol–water partition coefficient (Wildman–Crippen LogP) is 15.9. The molecular weight excluding hydrogens is 803 g/mol. The largest absolute Gasteiger partial charge is 0.469 e. The fourth-order valence-corrected chi connectivity index (χ4v) is 12.0. The topological polar surface area (TPSA) is 45.3 Å². The molecule has 1 N–H and O–H groups in total. The van der Waals surface area contributed by atoms with Gasteiger partial charge >= 0.3 is 0 Å². The number of nitrogens with one attached hydrogen (secondary N) is 1. The summed E-state index contributed by atoms with van der Waals surface area (Å²) in [7, 11) is 0.613. The van der Waals surface area contributed by atoms with E-state index >= 15 is 0 Å². The van der Waals surface area contributed by atoms with E-state index in [0.717, 1.165) is 92.3 Å². The lowest BCUT2D eigenvalue weighted by Crippen LogP contribution is -2.40. The molecule has 0 saturated heterocycles. The summed E-state index contributed by atoms with van der Waals surface area (Å²) in [5.74, 6) is 0.422. The van der Waals surface area contributed by atoms with E-state index in [0.29, 0.717) is 13.2 Å². The first-order valence-corrected chi connectivity index (χ1v) is 24.1. The van der Waals surface area contributed by atoms with Crippen molar-refractivity contribution in [1.82, 2.24) is 4.98 Å². The Labute approximate surface area is 386 Å². The molecule has 1 aliphatic heterocycles. The number of anilines is 3. The summed E-state index contributed by atoms with van der Waals surface area (Å²) in [4.78, 5) is 6.50. The first-order chi connectivity index (χ1) is 32.1. The highest BCUT2D eigenvalue weighted by Crippen LogP contribution is 2.53. The van der Waals surface area contributed by atoms with Gasteiger partial charge in [-0.2, -0.15) is 0 Å². The molecule has 0 saturated carbocycles. The van der Waals surface area contributed by atoms with Crippen molar-refractivity contribution in [2.24, 2.45) is 0 Å². The number of hydrogen-bond donors (Lipinski definition) is 1.